The third-order valence-electron chi connectivity index (χ3n) is 4.06. The molecule has 3 heterocycles. The Morgan fingerprint density at radius 1 is 1.28 bits per heavy atom. The zero-order valence-corrected chi connectivity index (χ0v) is 16.7. The fourth-order valence-electron chi connectivity index (χ4n) is 2.65. The second-order valence-electron chi connectivity index (χ2n) is 7.41. The molecule has 0 saturated heterocycles. The van der Waals surface area contributed by atoms with Crippen LogP contribution in [0.15, 0.2) is 29.5 Å². The summed E-state index contributed by atoms with van der Waals surface area (Å²) < 4.78 is 22.7. The van der Waals surface area contributed by atoms with Gasteiger partial charge >= 0.3 is 5.56 Å². The first-order valence-electron chi connectivity index (χ1n) is 9.28. The van der Waals surface area contributed by atoms with Crippen LogP contribution in [-0.4, -0.2) is 36.9 Å². The van der Waals surface area contributed by atoms with Crippen molar-refractivity contribution in [1.29, 1.82) is 0 Å². The second kappa shape index (κ2) is 8.38. The molecule has 0 aliphatic carbocycles. The second-order valence-corrected chi connectivity index (χ2v) is 7.41. The van der Waals surface area contributed by atoms with Crippen molar-refractivity contribution in [2.45, 2.75) is 40.2 Å². The predicted octanol–water partition coefficient (Wildman–Crippen LogP) is 2.22. The molecule has 0 saturated carbocycles. The number of pyridine rings is 1. The van der Waals surface area contributed by atoms with E-state index in [1.807, 2.05) is 27.7 Å². The third-order valence-corrected chi connectivity index (χ3v) is 4.06. The van der Waals surface area contributed by atoms with Gasteiger partial charge in [0.15, 0.2) is 11.4 Å². The molecule has 0 unspecified atom stereocenters. The lowest BCUT2D eigenvalue weighted by Gasteiger charge is -2.17. The summed E-state index contributed by atoms with van der Waals surface area (Å²) in [5, 5.41) is 14.5. The minimum atomic E-state index is -1.04. The highest BCUT2D eigenvalue weighted by molar-refractivity contribution is 5.90. The number of carbonyl (C=O) groups is 1. The average molecular weight is 402 g/mol. The van der Waals surface area contributed by atoms with Crippen LogP contribution in [0.4, 0.5) is 10.1 Å². The van der Waals surface area contributed by atoms with Crippen LogP contribution in [0.1, 0.15) is 39.3 Å². The normalized spacial score (nSPS) is 11.4. The van der Waals surface area contributed by atoms with Crippen molar-refractivity contribution in [2.75, 3.05) is 11.9 Å². The molecule has 3 rings (SSSR count). The van der Waals surface area contributed by atoms with Crippen LogP contribution >= 0.6 is 0 Å². The maximum Gasteiger partial charge on any atom is 0.307 e. The van der Waals surface area contributed by atoms with Gasteiger partial charge in [0.05, 0.1) is 12.3 Å². The summed E-state index contributed by atoms with van der Waals surface area (Å²) in [5.74, 6) is -1.74. The molecule has 0 radical (unpaired) electrons. The summed E-state index contributed by atoms with van der Waals surface area (Å²) in [7, 11) is 0. The Hall–Kier alpha value is -3.30. The highest BCUT2D eigenvalue weighted by Crippen LogP contribution is 2.25. The van der Waals surface area contributed by atoms with Gasteiger partial charge in [-0.05, 0) is 18.1 Å². The highest BCUT2D eigenvalue weighted by atomic mass is 19.1. The maximum atomic E-state index is 14.7. The van der Waals surface area contributed by atoms with Crippen molar-refractivity contribution in [2.24, 2.45) is 5.92 Å². The van der Waals surface area contributed by atoms with Crippen molar-refractivity contribution >= 4 is 17.2 Å². The van der Waals surface area contributed by atoms with E-state index in [1.165, 1.54) is 6.33 Å². The molecule has 9 nitrogen and oxygen atoms in total. The molecule has 0 aromatic carbocycles. The lowest BCUT2D eigenvalue weighted by atomic mass is 10.1. The van der Waals surface area contributed by atoms with E-state index in [0.29, 0.717) is 17.0 Å². The van der Waals surface area contributed by atoms with E-state index in [-0.39, 0.29) is 24.2 Å². The van der Waals surface area contributed by atoms with E-state index in [1.54, 1.807) is 22.7 Å². The predicted molar refractivity (Wildman–Crippen MR) is 104 cm³/mol. The van der Waals surface area contributed by atoms with Gasteiger partial charge in [0.25, 0.3) is 0 Å². The van der Waals surface area contributed by atoms with Crippen molar-refractivity contribution in [3.05, 3.63) is 46.5 Å². The fourth-order valence-corrected chi connectivity index (χ4v) is 2.65. The first kappa shape index (κ1) is 20.4. The number of halogens is 1. The van der Waals surface area contributed by atoms with E-state index in [0.717, 1.165) is 4.68 Å². The van der Waals surface area contributed by atoms with E-state index < -0.39 is 23.8 Å². The van der Waals surface area contributed by atoms with Gasteiger partial charge in [-0.15, -0.1) is 10.2 Å². The van der Waals surface area contributed by atoms with Gasteiger partial charge in [-0.2, -0.15) is 9.49 Å². The number of carbonyl (C=O) groups excluding carboxylic acids is 1. The van der Waals surface area contributed by atoms with Gasteiger partial charge in [-0.3, -0.25) is 14.0 Å². The lowest BCUT2D eigenvalue weighted by molar-refractivity contribution is -0.117. The zero-order valence-electron chi connectivity index (χ0n) is 16.7. The lowest BCUT2D eigenvalue weighted by Crippen LogP contribution is -2.33. The van der Waals surface area contributed by atoms with Gasteiger partial charge in [0.2, 0.25) is 11.7 Å². The van der Waals surface area contributed by atoms with Crippen LogP contribution in [-0.2, 0) is 11.3 Å². The van der Waals surface area contributed by atoms with Gasteiger partial charge < -0.3 is 10.1 Å². The van der Waals surface area contributed by atoms with Gasteiger partial charge in [0.1, 0.15) is 18.6 Å². The Labute approximate surface area is 166 Å². The minimum Gasteiger partial charge on any atom is -0.488 e. The van der Waals surface area contributed by atoms with Crippen molar-refractivity contribution in [1.82, 2.24) is 24.4 Å². The molecule has 0 atom stereocenters. The molecule has 0 fully saturated rings. The van der Waals surface area contributed by atoms with Crippen LogP contribution in [0, 0.1) is 11.7 Å². The SMILES string of the molecule is CC(C)COc1c(C(C)C)nn(CC(=O)Nc2ccc3nncn3c2)c(=O)c1F. The zero-order chi connectivity index (χ0) is 21.1. The quantitative estimate of drug-likeness (QED) is 0.650. The number of rotatable bonds is 7. The maximum absolute atomic E-state index is 14.7. The Kier molecular flexibility index (Phi) is 5.90. The summed E-state index contributed by atoms with van der Waals surface area (Å²) in [6.45, 7) is 7.29. The monoisotopic (exact) mass is 402 g/mol. The van der Waals surface area contributed by atoms with Gasteiger partial charge in [0, 0.05) is 12.1 Å². The van der Waals surface area contributed by atoms with Crippen LogP contribution in [0.3, 0.4) is 0 Å². The summed E-state index contributed by atoms with van der Waals surface area (Å²) in [4.78, 5) is 24.8. The number of ether oxygens (including phenoxy) is 1. The van der Waals surface area contributed by atoms with Crippen LogP contribution in [0.5, 0.6) is 5.75 Å². The number of anilines is 1. The molecule has 3 aromatic heterocycles. The third kappa shape index (κ3) is 4.58. The smallest absolute Gasteiger partial charge is 0.307 e. The molecule has 0 spiro atoms. The summed E-state index contributed by atoms with van der Waals surface area (Å²) in [5.41, 5.74) is 0.400. The van der Waals surface area contributed by atoms with E-state index in [2.05, 4.69) is 20.6 Å². The van der Waals surface area contributed by atoms with E-state index in [9.17, 15) is 14.0 Å². The number of amides is 1. The number of hydrogen-bond acceptors (Lipinski definition) is 6. The first-order valence-corrected chi connectivity index (χ1v) is 9.28. The van der Waals surface area contributed by atoms with Crippen molar-refractivity contribution < 1.29 is 13.9 Å². The fraction of sp³-hybridized carbons (Fsp3) is 0.421. The summed E-state index contributed by atoms with van der Waals surface area (Å²) >= 11 is 0. The Bertz CT molecular complexity index is 1090. The minimum absolute atomic E-state index is 0.145. The first-order chi connectivity index (χ1) is 13.8. The Morgan fingerprint density at radius 2 is 2.03 bits per heavy atom. The molecule has 0 aliphatic heterocycles. The summed E-state index contributed by atoms with van der Waals surface area (Å²) in [6.07, 6.45) is 3.13. The van der Waals surface area contributed by atoms with Crippen LogP contribution in [0.25, 0.3) is 5.65 Å². The number of nitrogens with zero attached hydrogens (tertiary/aromatic N) is 5. The average Bonchev–Trinajstić information content (AvgIpc) is 3.12. The van der Waals surface area contributed by atoms with Crippen LogP contribution in [0.2, 0.25) is 0 Å². The Balaban J connectivity index is 1.83. The van der Waals surface area contributed by atoms with E-state index >= 15 is 0 Å². The standard InChI is InChI=1S/C19H23FN6O3/c1-11(2)9-29-18-16(20)19(28)26(24-17(18)12(3)4)8-15(27)22-13-5-6-14-23-21-10-25(14)7-13/h5-7,10-12H,8-9H2,1-4H3,(H,22,27). The van der Waals surface area contributed by atoms with E-state index in [4.69, 9.17) is 4.74 Å². The molecular weight excluding hydrogens is 379 g/mol. The van der Waals surface area contributed by atoms with Crippen LogP contribution < -0.4 is 15.6 Å². The summed E-state index contributed by atoms with van der Waals surface area (Å²) in [6, 6.07) is 3.34. The topological polar surface area (TPSA) is 103 Å². The highest BCUT2D eigenvalue weighted by Gasteiger charge is 2.22. The van der Waals surface area contributed by atoms with Crippen molar-refractivity contribution in [3.63, 3.8) is 0 Å². The molecular formula is C19H23FN6O3. The number of fused-ring (bicyclic) bond motifs is 1. The number of aromatic nitrogens is 5. The number of nitrogens with one attached hydrogen (secondary N) is 1. The molecule has 1 N–H and O–H groups in total. The van der Waals surface area contributed by atoms with Gasteiger partial charge in [-0.1, -0.05) is 27.7 Å². The molecule has 154 valence electrons. The molecule has 0 bridgehead atoms. The number of hydrogen-bond donors (Lipinski definition) is 1. The largest absolute Gasteiger partial charge is 0.488 e. The Morgan fingerprint density at radius 3 is 2.72 bits per heavy atom. The molecule has 1 amide bonds. The molecule has 0 aliphatic rings. The van der Waals surface area contributed by atoms with Gasteiger partial charge in [-0.25, -0.2) is 4.68 Å². The molecule has 10 heteroatoms. The molecule has 3 aromatic rings. The molecule has 29 heavy (non-hydrogen) atoms. The van der Waals surface area contributed by atoms with Crippen molar-refractivity contribution in [3.8, 4) is 5.75 Å².